The van der Waals surface area contributed by atoms with E-state index in [2.05, 4.69) is 4.98 Å². The summed E-state index contributed by atoms with van der Waals surface area (Å²) in [5.41, 5.74) is 2.37. The average molecular weight is 499 g/mol. The van der Waals surface area contributed by atoms with E-state index in [9.17, 15) is 4.79 Å². The van der Waals surface area contributed by atoms with Gasteiger partial charge in [-0.25, -0.2) is 4.98 Å². The number of pyridine rings is 2. The second kappa shape index (κ2) is 11.0. The minimum atomic E-state index is -0.343. The molecule has 2 saturated heterocycles. The molecular formula is C28H38N2O6. The predicted molar refractivity (Wildman–Crippen MR) is 134 cm³/mol. The minimum Gasteiger partial charge on any atom is -0.474 e. The van der Waals surface area contributed by atoms with E-state index in [1.54, 1.807) is 6.07 Å². The van der Waals surface area contributed by atoms with Crippen LogP contribution >= 0.6 is 0 Å². The molecule has 0 N–H and O–H groups in total. The number of hydrogen-bond donors (Lipinski definition) is 0. The molecular weight excluding hydrogens is 460 g/mol. The van der Waals surface area contributed by atoms with Gasteiger partial charge in [0.2, 0.25) is 5.88 Å². The monoisotopic (exact) mass is 498 g/mol. The Hall–Kier alpha value is -2.26. The van der Waals surface area contributed by atoms with Gasteiger partial charge in [0.25, 0.3) is 5.56 Å². The molecule has 0 amide bonds. The van der Waals surface area contributed by atoms with Crippen molar-refractivity contribution in [1.29, 1.82) is 0 Å². The third kappa shape index (κ3) is 5.99. The summed E-state index contributed by atoms with van der Waals surface area (Å²) < 4.78 is 30.6. The summed E-state index contributed by atoms with van der Waals surface area (Å²) in [4.78, 5) is 16.2. The molecule has 0 radical (unpaired) electrons. The van der Waals surface area contributed by atoms with E-state index in [1.807, 2.05) is 49.0 Å². The Kier molecular flexibility index (Phi) is 7.76. The summed E-state index contributed by atoms with van der Waals surface area (Å²) in [6.45, 7) is 6.90. The maximum atomic E-state index is 11.9. The van der Waals surface area contributed by atoms with Crippen LogP contribution in [-0.4, -0.2) is 53.7 Å². The zero-order valence-electron chi connectivity index (χ0n) is 21.4. The maximum absolute atomic E-state index is 11.9. The molecule has 8 heteroatoms. The Balaban J connectivity index is 0.000000148. The predicted octanol–water partition coefficient (Wildman–Crippen LogP) is 4.47. The van der Waals surface area contributed by atoms with Crippen molar-refractivity contribution in [3.63, 3.8) is 0 Å². The average Bonchev–Trinajstić information content (AvgIpc) is 3.55. The lowest BCUT2D eigenvalue weighted by atomic mass is 9.89. The molecule has 2 aromatic heterocycles. The summed E-state index contributed by atoms with van der Waals surface area (Å²) >= 11 is 0. The summed E-state index contributed by atoms with van der Waals surface area (Å²) in [6.07, 6.45) is 11.5. The lowest BCUT2D eigenvalue weighted by Gasteiger charge is -2.36. The van der Waals surface area contributed by atoms with Crippen LogP contribution in [0, 0.1) is 13.8 Å². The molecule has 0 unspecified atom stereocenters. The number of aromatic nitrogens is 2. The highest BCUT2D eigenvalue weighted by atomic mass is 16.7. The minimum absolute atomic E-state index is 0.0924. The SMILES string of the molecule is Cc1ccc(=O)n(C2CCC3(CC2)OCCO3)c1.Cc1ccc(OC2CCC3(CC2)OCCO3)nc1. The van der Waals surface area contributed by atoms with Gasteiger partial charge in [-0.3, -0.25) is 4.79 Å². The van der Waals surface area contributed by atoms with Crippen molar-refractivity contribution in [3.8, 4) is 5.88 Å². The normalized spacial score (nSPS) is 25.0. The van der Waals surface area contributed by atoms with Crippen LogP contribution in [0.2, 0.25) is 0 Å². The molecule has 4 heterocycles. The van der Waals surface area contributed by atoms with E-state index in [4.69, 9.17) is 23.7 Å². The van der Waals surface area contributed by atoms with Crippen molar-refractivity contribution in [2.24, 2.45) is 0 Å². The first-order chi connectivity index (χ1) is 17.4. The fourth-order valence-electron chi connectivity index (χ4n) is 5.64. The van der Waals surface area contributed by atoms with Gasteiger partial charge >= 0.3 is 0 Å². The number of aryl methyl sites for hydroxylation is 2. The first-order valence-electron chi connectivity index (χ1n) is 13.3. The van der Waals surface area contributed by atoms with Crippen LogP contribution in [0.25, 0.3) is 0 Å². The van der Waals surface area contributed by atoms with Gasteiger partial charge in [-0.15, -0.1) is 0 Å². The topological polar surface area (TPSA) is 81.0 Å². The summed E-state index contributed by atoms with van der Waals surface area (Å²) in [5.74, 6) is 0.0691. The van der Waals surface area contributed by atoms with Gasteiger partial charge in [0.05, 0.1) is 26.4 Å². The Bertz CT molecular complexity index is 1040. The molecule has 4 aliphatic rings. The molecule has 36 heavy (non-hydrogen) atoms. The summed E-state index contributed by atoms with van der Waals surface area (Å²) in [6, 6.07) is 7.77. The molecule has 2 aromatic rings. The van der Waals surface area contributed by atoms with Crippen LogP contribution in [0.5, 0.6) is 5.88 Å². The van der Waals surface area contributed by atoms with E-state index < -0.39 is 0 Å². The van der Waals surface area contributed by atoms with Crippen molar-refractivity contribution in [3.05, 3.63) is 58.1 Å². The Morgan fingerprint density at radius 1 is 0.806 bits per heavy atom. The zero-order valence-corrected chi connectivity index (χ0v) is 21.4. The zero-order chi connectivity index (χ0) is 25.0. The van der Waals surface area contributed by atoms with Crippen molar-refractivity contribution in [2.75, 3.05) is 26.4 Å². The molecule has 196 valence electrons. The Morgan fingerprint density at radius 2 is 1.36 bits per heavy atom. The van der Waals surface area contributed by atoms with Gasteiger partial charge < -0.3 is 28.3 Å². The fraction of sp³-hybridized carbons (Fsp3) is 0.643. The second-order valence-corrected chi connectivity index (χ2v) is 10.4. The summed E-state index contributed by atoms with van der Waals surface area (Å²) in [5, 5.41) is 0. The highest BCUT2D eigenvalue weighted by molar-refractivity contribution is 5.16. The number of rotatable bonds is 3. The van der Waals surface area contributed by atoms with Gasteiger partial charge in [0, 0.05) is 56.3 Å². The second-order valence-electron chi connectivity index (χ2n) is 10.4. The van der Waals surface area contributed by atoms with Gasteiger partial charge in [0.15, 0.2) is 11.6 Å². The third-order valence-electron chi connectivity index (χ3n) is 7.69. The molecule has 0 bridgehead atoms. The van der Waals surface area contributed by atoms with Crippen molar-refractivity contribution in [2.45, 2.75) is 88.9 Å². The van der Waals surface area contributed by atoms with Crippen molar-refractivity contribution < 1.29 is 23.7 Å². The fourth-order valence-corrected chi connectivity index (χ4v) is 5.64. The highest BCUT2D eigenvalue weighted by Crippen LogP contribution is 2.40. The maximum Gasteiger partial charge on any atom is 0.250 e. The lowest BCUT2D eigenvalue weighted by molar-refractivity contribution is -0.186. The number of nitrogens with zero attached hydrogens (tertiary/aromatic N) is 2. The standard InChI is InChI=1S/2C14H19NO3/c1-11-2-3-13(15-10-11)18-12-4-6-14(7-5-12)16-8-9-17-14;1-11-2-3-13(16)15(10-11)12-4-6-14(7-5-12)17-8-9-18-14/h2*2-3,10,12H,4-9H2,1H3. The first kappa shape index (κ1) is 25.4. The van der Waals surface area contributed by atoms with E-state index in [1.165, 1.54) is 0 Å². The van der Waals surface area contributed by atoms with Gasteiger partial charge in [0.1, 0.15) is 6.10 Å². The molecule has 2 aliphatic carbocycles. The quantitative estimate of drug-likeness (QED) is 0.618. The smallest absolute Gasteiger partial charge is 0.250 e. The lowest BCUT2D eigenvalue weighted by Crippen LogP contribution is -2.38. The van der Waals surface area contributed by atoms with Crippen LogP contribution in [0.4, 0.5) is 0 Å². The van der Waals surface area contributed by atoms with Crippen LogP contribution in [0.15, 0.2) is 41.5 Å². The molecule has 6 rings (SSSR count). The molecule has 4 fully saturated rings. The highest BCUT2D eigenvalue weighted by Gasteiger charge is 2.41. The molecule has 2 aliphatic heterocycles. The van der Waals surface area contributed by atoms with Crippen LogP contribution in [0.1, 0.15) is 68.5 Å². The Labute approximate surface area is 212 Å². The molecule has 0 aromatic carbocycles. The first-order valence-corrected chi connectivity index (χ1v) is 13.3. The van der Waals surface area contributed by atoms with E-state index in [0.717, 1.165) is 81.6 Å². The number of ether oxygens (including phenoxy) is 5. The largest absolute Gasteiger partial charge is 0.474 e. The van der Waals surface area contributed by atoms with Crippen LogP contribution < -0.4 is 10.3 Å². The van der Waals surface area contributed by atoms with Gasteiger partial charge in [-0.05, 0) is 50.7 Å². The van der Waals surface area contributed by atoms with Gasteiger partial charge in [-0.2, -0.15) is 0 Å². The molecule has 8 nitrogen and oxygen atoms in total. The molecule has 2 saturated carbocycles. The van der Waals surface area contributed by atoms with Crippen molar-refractivity contribution in [1.82, 2.24) is 9.55 Å². The van der Waals surface area contributed by atoms with E-state index in [0.29, 0.717) is 13.2 Å². The Morgan fingerprint density at radius 3 is 1.92 bits per heavy atom. The third-order valence-corrected chi connectivity index (χ3v) is 7.69. The van der Waals surface area contributed by atoms with Crippen molar-refractivity contribution >= 4 is 0 Å². The summed E-state index contributed by atoms with van der Waals surface area (Å²) in [7, 11) is 0. The van der Waals surface area contributed by atoms with E-state index in [-0.39, 0.29) is 29.3 Å². The molecule has 2 spiro atoms. The van der Waals surface area contributed by atoms with Gasteiger partial charge in [-0.1, -0.05) is 12.1 Å². The van der Waals surface area contributed by atoms with E-state index >= 15 is 0 Å². The van der Waals surface area contributed by atoms with Crippen LogP contribution in [0.3, 0.4) is 0 Å². The van der Waals surface area contributed by atoms with Crippen LogP contribution in [-0.2, 0) is 18.9 Å². The number of hydrogen-bond acceptors (Lipinski definition) is 7. The molecule has 0 atom stereocenters.